The summed E-state index contributed by atoms with van der Waals surface area (Å²) < 4.78 is 14.0. The molecule has 0 atom stereocenters. The van der Waals surface area contributed by atoms with E-state index in [-0.39, 0.29) is 5.69 Å². The van der Waals surface area contributed by atoms with Gasteiger partial charge in [0.2, 0.25) is 5.95 Å². The van der Waals surface area contributed by atoms with Gasteiger partial charge in [-0.1, -0.05) is 18.2 Å². The van der Waals surface area contributed by atoms with E-state index in [9.17, 15) is 4.39 Å². The van der Waals surface area contributed by atoms with E-state index in [0.717, 1.165) is 0 Å². The Morgan fingerprint density at radius 2 is 1.95 bits per heavy atom. The normalized spacial score (nSPS) is 10.3. The van der Waals surface area contributed by atoms with Gasteiger partial charge in [0.15, 0.2) is 5.69 Å². The minimum absolute atomic E-state index is 0.203. The number of hydrogen-bond acceptors (Lipinski definition) is 4. The summed E-state index contributed by atoms with van der Waals surface area (Å²) in [5, 5.41) is 19.1. The lowest BCUT2D eigenvalue weighted by molar-refractivity contribution is 0.584. The second kappa shape index (κ2) is 5.13. The number of hydrogen-bond donors (Lipinski definition) is 1. The monoisotopic (exact) mass is 279 g/mol. The number of nitriles is 1. The van der Waals surface area contributed by atoms with E-state index >= 15 is 0 Å². The van der Waals surface area contributed by atoms with Gasteiger partial charge in [0, 0.05) is 16.8 Å². The summed E-state index contributed by atoms with van der Waals surface area (Å²) in [4.78, 5) is 3.82. The van der Waals surface area contributed by atoms with Crippen LogP contribution in [0.15, 0.2) is 36.4 Å². The highest BCUT2D eigenvalue weighted by Gasteiger charge is 2.12. The zero-order chi connectivity index (χ0) is 14.8. The van der Waals surface area contributed by atoms with E-state index in [4.69, 9.17) is 5.26 Å². The molecule has 21 heavy (non-hydrogen) atoms. The topological polar surface area (TPSA) is 78.2 Å². The largest absolute Gasteiger partial charge is 0.225 e. The molecule has 0 saturated carbocycles. The average molecular weight is 279 g/mol. The first-order chi connectivity index (χ1) is 10.2. The van der Waals surface area contributed by atoms with Crippen molar-refractivity contribution in [1.29, 1.82) is 5.26 Å². The lowest BCUT2D eigenvalue weighted by Gasteiger charge is -2.05. The number of rotatable bonds is 2. The van der Waals surface area contributed by atoms with Crippen LogP contribution in [0.4, 0.5) is 4.39 Å². The summed E-state index contributed by atoms with van der Waals surface area (Å²) >= 11 is 0. The van der Waals surface area contributed by atoms with Crippen molar-refractivity contribution in [3.63, 3.8) is 0 Å². The summed E-state index contributed by atoms with van der Waals surface area (Å²) in [6, 6.07) is 12.5. The highest BCUT2D eigenvalue weighted by molar-refractivity contribution is 5.73. The zero-order valence-electron chi connectivity index (χ0n) is 11.1. The number of aromatic amines is 1. The molecule has 0 aliphatic heterocycles. The number of aromatic nitrogens is 4. The first-order valence-electron chi connectivity index (χ1n) is 6.24. The number of aryl methyl sites for hydroxylation is 1. The van der Waals surface area contributed by atoms with Gasteiger partial charge in [-0.3, -0.25) is 0 Å². The molecule has 0 radical (unpaired) electrons. The number of nitrogens with zero attached hydrogens (tertiary/aromatic N) is 4. The number of nitrogens with one attached hydrogen (secondary N) is 1. The lowest BCUT2D eigenvalue weighted by Crippen LogP contribution is -1.92. The molecule has 0 unspecified atom stereocenters. The van der Waals surface area contributed by atoms with E-state index < -0.39 is 5.95 Å². The van der Waals surface area contributed by atoms with Crippen LogP contribution in [0.2, 0.25) is 0 Å². The van der Waals surface area contributed by atoms with Gasteiger partial charge in [-0.2, -0.15) is 20.0 Å². The fourth-order valence-electron chi connectivity index (χ4n) is 2.08. The quantitative estimate of drug-likeness (QED) is 0.731. The van der Waals surface area contributed by atoms with E-state index in [1.165, 1.54) is 0 Å². The average Bonchev–Trinajstić information content (AvgIpc) is 2.96. The van der Waals surface area contributed by atoms with Gasteiger partial charge in [-0.15, -0.1) is 5.10 Å². The summed E-state index contributed by atoms with van der Waals surface area (Å²) in [5.74, 6) is -0.521. The smallest absolute Gasteiger partial charge is 0.220 e. The van der Waals surface area contributed by atoms with E-state index in [1.54, 1.807) is 43.3 Å². The van der Waals surface area contributed by atoms with Crippen LogP contribution in [0.5, 0.6) is 0 Å². The molecule has 3 aromatic rings. The van der Waals surface area contributed by atoms with Crippen LogP contribution in [0.3, 0.4) is 0 Å². The molecule has 0 amide bonds. The first kappa shape index (κ1) is 12.9. The van der Waals surface area contributed by atoms with Crippen LogP contribution in [-0.4, -0.2) is 20.4 Å². The van der Waals surface area contributed by atoms with Crippen molar-refractivity contribution in [3.05, 3.63) is 53.7 Å². The Hall–Kier alpha value is -3.07. The van der Waals surface area contributed by atoms with Crippen LogP contribution in [0.1, 0.15) is 11.4 Å². The van der Waals surface area contributed by atoms with E-state index in [0.29, 0.717) is 28.1 Å². The van der Waals surface area contributed by atoms with Gasteiger partial charge >= 0.3 is 0 Å². The summed E-state index contributed by atoms with van der Waals surface area (Å²) in [7, 11) is 0. The highest BCUT2D eigenvalue weighted by atomic mass is 19.1. The molecular weight excluding hydrogens is 269 g/mol. The minimum atomic E-state index is -0.521. The third kappa shape index (κ3) is 2.37. The van der Waals surface area contributed by atoms with Gasteiger partial charge in [-0.25, -0.2) is 4.98 Å². The molecule has 0 saturated heterocycles. The second-order valence-corrected chi connectivity index (χ2v) is 4.50. The molecular formula is C15H10FN5. The molecule has 1 aromatic carbocycles. The van der Waals surface area contributed by atoms with Crippen LogP contribution in [-0.2, 0) is 0 Å². The number of benzene rings is 1. The van der Waals surface area contributed by atoms with Gasteiger partial charge in [-0.05, 0) is 30.7 Å². The predicted octanol–water partition coefficient (Wildman–Crippen LogP) is 2.85. The standard InChI is InChI=1S/C15H10FN5/c1-9-5-6-12(15(16)18-9)10-3-2-4-11(7-10)14-13(8-17)19-21-20-14/h2-7H,1H3,(H,19,20,21). The molecule has 102 valence electrons. The van der Waals surface area contributed by atoms with Crippen molar-refractivity contribution >= 4 is 0 Å². The number of H-pyrrole nitrogens is 1. The van der Waals surface area contributed by atoms with Crippen molar-refractivity contribution in [2.24, 2.45) is 0 Å². The molecule has 3 rings (SSSR count). The first-order valence-corrected chi connectivity index (χ1v) is 6.24. The molecule has 0 bridgehead atoms. The third-order valence-corrected chi connectivity index (χ3v) is 3.09. The molecule has 2 heterocycles. The van der Waals surface area contributed by atoms with E-state index in [1.807, 2.05) is 6.07 Å². The molecule has 5 nitrogen and oxygen atoms in total. The third-order valence-electron chi connectivity index (χ3n) is 3.09. The number of pyridine rings is 1. The Morgan fingerprint density at radius 3 is 2.71 bits per heavy atom. The fourth-order valence-corrected chi connectivity index (χ4v) is 2.08. The zero-order valence-corrected chi connectivity index (χ0v) is 11.1. The fraction of sp³-hybridized carbons (Fsp3) is 0.0667. The highest BCUT2D eigenvalue weighted by Crippen LogP contribution is 2.27. The lowest BCUT2D eigenvalue weighted by atomic mass is 10.0. The molecule has 0 aliphatic carbocycles. The summed E-state index contributed by atoms with van der Waals surface area (Å²) in [6.07, 6.45) is 0. The van der Waals surface area contributed by atoms with Crippen LogP contribution in [0.25, 0.3) is 22.4 Å². The van der Waals surface area contributed by atoms with Crippen molar-refractivity contribution in [2.75, 3.05) is 0 Å². The van der Waals surface area contributed by atoms with Gasteiger partial charge < -0.3 is 0 Å². The second-order valence-electron chi connectivity index (χ2n) is 4.50. The van der Waals surface area contributed by atoms with Crippen LogP contribution < -0.4 is 0 Å². The van der Waals surface area contributed by atoms with E-state index in [2.05, 4.69) is 20.4 Å². The minimum Gasteiger partial charge on any atom is -0.225 e. The molecule has 0 fully saturated rings. The molecule has 6 heteroatoms. The van der Waals surface area contributed by atoms with Gasteiger partial charge in [0.05, 0.1) is 0 Å². The van der Waals surface area contributed by atoms with Crippen molar-refractivity contribution in [3.8, 4) is 28.5 Å². The molecule has 1 N–H and O–H groups in total. The molecule has 0 aliphatic rings. The SMILES string of the molecule is Cc1ccc(-c2cccc(-c3n[nH]nc3C#N)c2)c(F)n1. The summed E-state index contributed by atoms with van der Waals surface area (Å²) in [6.45, 7) is 1.73. The van der Waals surface area contributed by atoms with Crippen molar-refractivity contribution in [1.82, 2.24) is 20.4 Å². The Morgan fingerprint density at radius 1 is 1.14 bits per heavy atom. The van der Waals surface area contributed by atoms with Crippen molar-refractivity contribution in [2.45, 2.75) is 6.92 Å². The van der Waals surface area contributed by atoms with Gasteiger partial charge in [0.1, 0.15) is 11.8 Å². The van der Waals surface area contributed by atoms with Gasteiger partial charge in [0.25, 0.3) is 0 Å². The summed E-state index contributed by atoms with van der Waals surface area (Å²) in [5.41, 5.74) is 3.04. The maximum Gasteiger partial charge on any atom is 0.220 e. The maximum atomic E-state index is 14.0. The Bertz CT molecular complexity index is 847. The van der Waals surface area contributed by atoms with Crippen LogP contribution >= 0.6 is 0 Å². The van der Waals surface area contributed by atoms with Crippen molar-refractivity contribution < 1.29 is 4.39 Å². The maximum absolute atomic E-state index is 14.0. The Kier molecular flexibility index (Phi) is 3.16. The Balaban J connectivity index is 2.11. The number of halogens is 1. The Labute approximate surface area is 120 Å². The predicted molar refractivity (Wildman–Crippen MR) is 74.5 cm³/mol. The van der Waals surface area contributed by atoms with Crippen LogP contribution in [0, 0.1) is 24.2 Å². The molecule has 2 aromatic heterocycles. The molecule has 0 spiro atoms.